The summed E-state index contributed by atoms with van der Waals surface area (Å²) in [6.45, 7) is 1.93. The largest absolute Gasteiger partial charge is 0.356 e. The molecule has 8 heteroatoms. The first-order valence-corrected chi connectivity index (χ1v) is 7.68. The third-order valence-corrected chi connectivity index (χ3v) is 3.86. The number of rotatable bonds is 4. The lowest BCUT2D eigenvalue weighted by Crippen LogP contribution is -2.15. The van der Waals surface area contributed by atoms with Crippen LogP contribution in [0, 0.1) is 6.92 Å². The maximum Gasteiger partial charge on any atom is 0.230 e. The van der Waals surface area contributed by atoms with E-state index in [0.29, 0.717) is 17.0 Å². The number of amides is 1. The van der Waals surface area contributed by atoms with E-state index in [1.54, 1.807) is 4.68 Å². The zero-order valence-corrected chi connectivity index (χ0v) is 13.4. The number of nitrogens with zero attached hydrogens (tertiary/aromatic N) is 5. The van der Waals surface area contributed by atoms with Gasteiger partial charge in [-0.25, -0.2) is 4.68 Å². The Hall–Kier alpha value is -3.55. The highest BCUT2D eigenvalue weighted by atomic mass is 16.5. The summed E-state index contributed by atoms with van der Waals surface area (Å²) in [5, 5.41) is 18.8. The summed E-state index contributed by atoms with van der Waals surface area (Å²) in [7, 11) is 0. The van der Waals surface area contributed by atoms with Crippen LogP contribution in [0.5, 0.6) is 0 Å². The topological polar surface area (TPSA) is 98.7 Å². The molecule has 0 aliphatic heterocycles. The lowest BCUT2D eigenvalue weighted by molar-refractivity contribution is -0.115. The van der Waals surface area contributed by atoms with Gasteiger partial charge in [-0.1, -0.05) is 17.3 Å². The second kappa shape index (κ2) is 6.16. The summed E-state index contributed by atoms with van der Waals surface area (Å²) in [5.74, 6) is -0.159. The van der Waals surface area contributed by atoms with Crippen molar-refractivity contribution in [2.45, 2.75) is 13.3 Å². The summed E-state index contributed by atoms with van der Waals surface area (Å²) in [6, 6.07) is 13.0. The number of carbonyl (C=O) groups is 1. The Morgan fingerprint density at radius 3 is 2.92 bits per heavy atom. The number of hydrogen-bond acceptors (Lipinski definition) is 6. The van der Waals surface area contributed by atoms with Crippen molar-refractivity contribution in [3.8, 4) is 5.69 Å². The predicted molar refractivity (Wildman–Crippen MR) is 90.2 cm³/mol. The minimum Gasteiger partial charge on any atom is -0.356 e. The quantitative estimate of drug-likeness (QED) is 0.615. The smallest absolute Gasteiger partial charge is 0.230 e. The molecule has 0 bridgehead atoms. The van der Waals surface area contributed by atoms with Crippen LogP contribution in [-0.4, -0.2) is 31.3 Å². The van der Waals surface area contributed by atoms with E-state index in [9.17, 15) is 4.79 Å². The Labute approximate surface area is 142 Å². The third-order valence-electron chi connectivity index (χ3n) is 3.86. The van der Waals surface area contributed by atoms with Crippen molar-refractivity contribution < 1.29 is 9.32 Å². The summed E-state index contributed by atoms with van der Waals surface area (Å²) in [5.41, 5.74) is 3.79. The molecule has 0 atom stereocenters. The molecule has 0 saturated heterocycles. The number of carbonyl (C=O) groups excluding carboxylic acids is 1. The summed E-state index contributed by atoms with van der Waals surface area (Å²) >= 11 is 0. The molecule has 4 rings (SSSR count). The Bertz CT molecular complexity index is 1040. The van der Waals surface area contributed by atoms with Gasteiger partial charge in [0.15, 0.2) is 5.58 Å². The molecule has 4 aromatic rings. The molecule has 0 aliphatic carbocycles. The SMILES string of the molecule is Cc1cc(NC(=O)Cc2noc3ccccc23)ccc1-n1cnnn1. The van der Waals surface area contributed by atoms with Gasteiger partial charge >= 0.3 is 0 Å². The van der Waals surface area contributed by atoms with Crippen molar-refractivity contribution in [1.82, 2.24) is 25.4 Å². The fourth-order valence-corrected chi connectivity index (χ4v) is 2.68. The molecule has 0 unspecified atom stereocenters. The van der Waals surface area contributed by atoms with Crippen LogP contribution in [0.3, 0.4) is 0 Å². The van der Waals surface area contributed by atoms with E-state index in [2.05, 4.69) is 26.0 Å². The number of para-hydroxylation sites is 1. The molecule has 0 radical (unpaired) electrons. The van der Waals surface area contributed by atoms with Gasteiger partial charge in [-0.2, -0.15) is 0 Å². The Morgan fingerprint density at radius 2 is 2.12 bits per heavy atom. The van der Waals surface area contributed by atoms with Gasteiger partial charge in [0, 0.05) is 11.1 Å². The molecule has 2 aromatic carbocycles. The van der Waals surface area contributed by atoms with Crippen LogP contribution in [-0.2, 0) is 11.2 Å². The van der Waals surface area contributed by atoms with Crippen LogP contribution in [0.4, 0.5) is 5.69 Å². The second-order valence-corrected chi connectivity index (χ2v) is 5.61. The first-order chi connectivity index (χ1) is 12.2. The molecule has 124 valence electrons. The molecule has 0 aliphatic rings. The van der Waals surface area contributed by atoms with Crippen molar-refractivity contribution in [1.29, 1.82) is 0 Å². The van der Waals surface area contributed by atoms with Crippen molar-refractivity contribution >= 4 is 22.6 Å². The van der Waals surface area contributed by atoms with Gasteiger partial charge in [0.2, 0.25) is 5.91 Å². The number of tetrazole rings is 1. The normalized spacial score (nSPS) is 10.9. The van der Waals surface area contributed by atoms with Gasteiger partial charge in [-0.15, -0.1) is 5.10 Å². The van der Waals surface area contributed by atoms with Crippen LogP contribution < -0.4 is 5.32 Å². The standard InChI is InChI=1S/C17H14N6O2/c1-11-8-12(6-7-15(11)23-10-18-21-22-23)19-17(24)9-14-13-4-2-3-5-16(13)25-20-14/h2-8,10H,9H2,1H3,(H,19,24). The van der Waals surface area contributed by atoms with Gasteiger partial charge in [-0.05, 0) is 53.2 Å². The van der Waals surface area contributed by atoms with Gasteiger partial charge in [0.05, 0.1) is 12.1 Å². The van der Waals surface area contributed by atoms with Crippen molar-refractivity contribution in [2.24, 2.45) is 0 Å². The van der Waals surface area contributed by atoms with E-state index in [0.717, 1.165) is 16.6 Å². The molecule has 2 aromatic heterocycles. The molecule has 1 N–H and O–H groups in total. The van der Waals surface area contributed by atoms with Crippen molar-refractivity contribution in [3.05, 3.63) is 60.0 Å². The summed E-state index contributed by atoms with van der Waals surface area (Å²) < 4.78 is 6.80. The van der Waals surface area contributed by atoms with Gasteiger partial charge < -0.3 is 9.84 Å². The predicted octanol–water partition coefficient (Wildman–Crippen LogP) is 2.29. The molecule has 25 heavy (non-hydrogen) atoms. The average molecular weight is 334 g/mol. The van der Waals surface area contributed by atoms with Gasteiger partial charge in [0.25, 0.3) is 0 Å². The fourth-order valence-electron chi connectivity index (χ4n) is 2.68. The van der Waals surface area contributed by atoms with Gasteiger partial charge in [-0.3, -0.25) is 4.79 Å². The lowest BCUT2D eigenvalue weighted by Gasteiger charge is -2.08. The number of fused-ring (bicyclic) bond motifs is 1. The maximum atomic E-state index is 12.3. The number of hydrogen-bond donors (Lipinski definition) is 1. The monoisotopic (exact) mass is 334 g/mol. The minimum absolute atomic E-state index is 0.144. The zero-order valence-electron chi connectivity index (χ0n) is 13.4. The molecule has 2 heterocycles. The van der Waals surface area contributed by atoms with Gasteiger partial charge in [0.1, 0.15) is 12.0 Å². The Morgan fingerprint density at radius 1 is 1.24 bits per heavy atom. The van der Waals surface area contributed by atoms with Crippen LogP contribution in [0.2, 0.25) is 0 Å². The number of nitrogens with one attached hydrogen (secondary N) is 1. The van der Waals surface area contributed by atoms with E-state index in [1.807, 2.05) is 49.4 Å². The number of anilines is 1. The maximum absolute atomic E-state index is 12.3. The highest BCUT2D eigenvalue weighted by Crippen LogP contribution is 2.20. The molecular formula is C17H14N6O2. The van der Waals surface area contributed by atoms with Crippen molar-refractivity contribution in [2.75, 3.05) is 5.32 Å². The Kier molecular flexibility index (Phi) is 3.70. The van der Waals surface area contributed by atoms with Crippen LogP contribution in [0.15, 0.2) is 53.3 Å². The minimum atomic E-state index is -0.159. The molecule has 8 nitrogen and oxygen atoms in total. The third kappa shape index (κ3) is 2.97. The molecule has 0 spiro atoms. The average Bonchev–Trinajstić information content (AvgIpc) is 3.26. The lowest BCUT2D eigenvalue weighted by atomic mass is 10.1. The molecule has 0 fully saturated rings. The van der Waals surface area contributed by atoms with E-state index in [1.165, 1.54) is 6.33 Å². The van der Waals surface area contributed by atoms with Crippen LogP contribution >= 0.6 is 0 Å². The molecule has 0 saturated carbocycles. The number of benzene rings is 2. The number of aromatic nitrogens is 5. The fraction of sp³-hybridized carbons (Fsp3) is 0.118. The zero-order chi connectivity index (χ0) is 17.2. The molecule has 1 amide bonds. The van der Waals surface area contributed by atoms with Crippen molar-refractivity contribution in [3.63, 3.8) is 0 Å². The highest BCUT2D eigenvalue weighted by molar-refractivity contribution is 5.94. The highest BCUT2D eigenvalue weighted by Gasteiger charge is 2.13. The summed E-state index contributed by atoms with van der Waals surface area (Å²) in [6.07, 6.45) is 1.67. The van der Waals surface area contributed by atoms with E-state index < -0.39 is 0 Å². The Balaban J connectivity index is 1.50. The van der Waals surface area contributed by atoms with E-state index >= 15 is 0 Å². The first-order valence-electron chi connectivity index (χ1n) is 7.68. The second-order valence-electron chi connectivity index (χ2n) is 5.61. The number of aryl methyl sites for hydroxylation is 1. The van der Waals surface area contributed by atoms with E-state index in [-0.39, 0.29) is 12.3 Å². The van der Waals surface area contributed by atoms with E-state index in [4.69, 9.17) is 4.52 Å². The molecular weight excluding hydrogens is 320 g/mol. The van der Waals surface area contributed by atoms with Crippen LogP contribution in [0.1, 0.15) is 11.3 Å². The summed E-state index contributed by atoms with van der Waals surface area (Å²) in [4.78, 5) is 12.3. The first kappa shape index (κ1) is 15.0. The van der Waals surface area contributed by atoms with Crippen LogP contribution in [0.25, 0.3) is 16.7 Å².